The number of nitrogens with two attached hydrogens (primary N) is 1. The highest BCUT2D eigenvalue weighted by Gasteiger charge is 2.14. The lowest BCUT2D eigenvalue weighted by Crippen LogP contribution is -2.15. The zero-order chi connectivity index (χ0) is 15.6. The molecular formula is C16H16F2N2O. The summed E-state index contributed by atoms with van der Waals surface area (Å²) in [6.07, 6.45) is 0. The molecule has 0 fully saturated rings. The first-order chi connectivity index (χ1) is 9.90. The molecule has 3 N–H and O–H groups in total. The molecule has 3 nitrogen and oxygen atoms in total. The Bertz CT molecular complexity index is 686. The number of carbonyl (C=O) groups is 1. The molecule has 1 unspecified atom stereocenters. The third-order valence-corrected chi connectivity index (χ3v) is 3.40. The Balaban J connectivity index is 2.29. The topological polar surface area (TPSA) is 55.1 Å². The molecule has 1 amide bonds. The van der Waals surface area contributed by atoms with E-state index in [4.69, 9.17) is 5.73 Å². The fraction of sp³-hybridized carbons (Fsp3) is 0.188. The SMILES string of the molecule is Cc1c(NC(C)c2ccc(F)cc2F)cccc1C(N)=O. The summed E-state index contributed by atoms with van der Waals surface area (Å²) in [5, 5.41) is 3.11. The van der Waals surface area contributed by atoms with Crippen LogP contribution in [0.15, 0.2) is 36.4 Å². The normalized spacial score (nSPS) is 12.0. The van der Waals surface area contributed by atoms with Gasteiger partial charge in [0.15, 0.2) is 0 Å². The monoisotopic (exact) mass is 290 g/mol. The van der Waals surface area contributed by atoms with Crippen LogP contribution in [0.2, 0.25) is 0 Å². The summed E-state index contributed by atoms with van der Waals surface area (Å²) in [5.74, 6) is -1.74. The second-order valence-corrected chi connectivity index (χ2v) is 4.87. The average Bonchev–Trinajstić information content (AvgIpc) is 2.40. The van der Waals surface area contributed by atoms with Gasteiger partial charge < -0.3 is 11.1 Å². The van der Waals surface area contributed by atoms with Crippen LogP contribution in [0.3, 0.4) is 0 Å². The van der Waals surface area contributed by atoms with Crippen molar-refractivity contribution >= 4 is 11.6 Å². The van der Waals surface area contributed by atoms with Gasteiger partial charge in [-0.25, -0.2) is 8.78 Å². The van der Waals surface area contributed by atoms with Gasteiger partial charge in [0.25, 0.3) is 0 Å². The van der Waals surface area contributed by atoms with Crippen LogP contribution in [0.1, 0.15) is 34.5 Å². The molecule has 0 heterocycles. The molecule has 0 aliphatic carbocycles. The van der Waals surface area contributed by atoms with Crippen molar-refractivity contribution in [2.45, 2.75) is 19.9 Å². The summed E-state index contributed by atoms with van der Waals surface area (Å²) in [5.41, 5.74) is 7.43. The number of nitrogens with one attached hydrogen (secondary N) is 1. The van der Waals surface area contributed by atoms with Gasteiger partial charge in [0.05, 0.1) is 6.04 Å². The Kier molecular flexibility index (Phi) is 4.21. The maximum Gasteiger partial charge on any atom is 0.249 e. The molecule has 110 valence electrons. The summed E-state index contributed by atoms with van der Waals surface area (Å²) >= 11 is 0. The summed E-state index contributed by atoms with van der Waals surface area (Å²) in [6.45, 7) is 3.52. The van der Waals surface area contributed by atoms with Gasteiger partial charge >= 0.3 is 0 Å². The van der Waals surface area contributed by atoms with Crippen LogP contribution in [0.5, 0.6) is 0 Å². The molecule has 0 radical (unpaired) electrons. The third kappa shape index (κ3) is 3.18. The molecule has 5 heteroatoms. The first-order valence-corrected chi connectivity index (χ1v) is 6.51. The lowest BCUT2D eigenvalue weighted by Gasteiger charge is -2.19. The van der Waals surface area contributed by atoms with E-state index in [0.717, 1.165) is 6.07 Å². The number of benzene rings is 2. The van der Waals surface area contributed by atoms with E-state index in [9.17, 15) is 13.6 Å². The number of carbonyl (C=O) groups excluding carboxylic acids is 1. The molecule has 1 atom stereocenters. The van der Waals surface area contributed by atoms with E-state index in [0.29, 0.717) is 22.4 Å². The van der Waals surface area contributed by atoms with E-state index in [1.165, 1.54) is 12.1 Å². The van der Waals surface area contributed by atoms with Crippen molar-refractivity contribution in [3.05, 3.63) is 64.7 Å². The Morgan fingerprint density at radius 1 is 1.24 bits per heavy atom. The third-order valence-electron chi connectivity index (χ3n) is 3.40. The minimum absolute atomic E-state index is 0.347. The molecule has 0 saturated carbocycles. The lowest BCUT2D eigenvalue weighted by molar-refractivity contribution is 0.0999. The zero-order valence-electron chi connectivity index (χ0n) is 11.8. The van der Waals surface area contributed by atoms with Crippen molar-refractivity contribution in [3.8, 4) is 0 Å². The fourth-order valence-corrected chi connectivity index (χ4v) is 2.22. The maximum absolute atomic E-state index is 13.8. The highest BCUT2D eigenvalue weighted by atomic mass is 19.1. The first-order valence-electron chi connectivity index (χ1n) is 6.51. The van der Waals surface area contributed by atoms with Crippen molar-refractivity contribution < 1.29 is 13.6 Å². The summed E-state index contributed by atoms with van der Waals surface area (Å²) < 4.78 is 26.7. The van der Waals surface area contributed by atoms with Crippen LogP contribution in [-0.4, -0.2) is 5.91 Å². The first kappa shape index (κ1) is 15.0. The molecule has 21 heavy (non-hydrogen) atoms. The summed E-state index contributed by atoms with van der Waals surface area (Å²) in [7, 11) is 0. The van der Waals surface area contributed by atoms with E-state index in [1.54, 1.807) is 32.0 Å². The van der Waals surface area contributed by atoms with E-state index >= 15 is 0 Å². The van der Waals surface area contributed by atoms with Gasteiger partial charge in [0.2, 0.25) is 5.91 Å². The number of anilines is 1. The van der Waals surface area contributed by atoms with Gasteiger partial charge in [-0.3, -0.25) is 4.79 Å². The van der Waals surface area contributed by atoms with Crippen LogP contribution in [-0.2, 0) is 0 Å². The zero-order valence-corrected chi connectivity index (χ0v) is 11.8. The Labute approximate surface area is 121 Å². The number of hydrogen-bond acceptors (Lipinski definition) is 2. The molecule has 0 aliphatic heterocycles. The van der Waals surface area contributed by atoms with Crippen LogP contribution in [0.25, 0.3) is 0 Å². The highest BCUT2D eigenvalue weighted by Crippen LogP contribution is 2.25. The van der Waals surface area contributed by atoms with E-state index < -0.39 is 17.5 Å². The number of rotatable bonds is 4. The minimum Gasteiger partial charge on any atom is -0.378 e. The van der Waals surface area contributed by atoms with Crippen LogP contribution in [0.4, 0.5) is 14.5 Å². The van der Waals surface area contributed by atoms with Gasteiger partial charge in [-0.15, -0.1) is 0 Å². The van der Waals surface area contributed by atoms with Crippen molar-refractivity contribution in [3.63, 3.8) is 0 Å². The van der Waals surface area contributed by atoms with Crippen LogP contribution < -0.4 is 11.1 Å². The number of amides is 1. The molecule has 0 bridgehead atoms. The van der Waals surface area contributed by atoms with E-state index in [2.05, 4.69) is 5.32 Å². The molecule has 0 saturated heterocycles. The molecule has 2 aromatic carbocycles. The highest BCUT2D eigenvalue weighted by molar-refractivity contribution is 5.95. The Morgan fingerprint density at radius 3 is 2.57 bits per heavy atom. The van der Waals surface area contributed by atoms with Gasteiger partial charge in [-0.2, -0.15) is 0 Å². The van der Waals surface area contributed by atoms with E-state index in [1.807, 2.05) is 0 Å². The average molecular weight is 290 g/mol. The summed E-state index contributed by atoms with van der Waals surface area (Å²) in [4.78, 5) is 11.3. The summed E-state index contributed by atoms with van der Waals surface area (Å²) in [6, 6.07) is 8.18. The van der Waals surface area contributed by atoms with E-state index in [-0.39, 0.29) is 6.04 Å². The molecule has 2 aromatic rings. The van der Waals surface area contributed by atoms with Crippen LogP contribution in [0, 0.1) is 18.6 Å². The fourth-order valence-electron chi connectivity index (χ4n) is 2.22. The van der Waals surface area contributed by atoms with Gasteiger partial charge in [-0.1, -0.05) is 12.1 Å². The lowest BCUT2D eigenvalue weighted by atomic mass is 10.0. The van der Waals surface area contributed by atoms with Crippen LogP contribution >= 0.6 is 0 Å². The number of hydrogen-bond donors (Lipinski definition) is 2. The van der Waals surface area contributed by atoms with Crippen molar-refractivity contribution in [1.82, 2.24) is 0 Å². The predicted molar refractivity (Wildman–Crippen MR) is 78.1 cm³/mol. The Morgan fingerprint density at radius 2 is 1.95 bits per heavy atom. The number of primary amides is 1. The van der Waals surface area contributed by atoms with Gasteiger partial charge in [-0.05, 0) is 37.6 Å². The maximum atomic E-state index is 13.8. The van der Waals surface area contributed by atoms with Crippen molar-refractivity contribution in [2.24, 2.45) is 5.73 Å². The largest absolute Gasteiger partial charge is 0.378 e. The van der Waals surface area contributed by atoms with Crippen molar-refractivity contribution in [2.75, 3.05) is 5.32 Å². The van der Waals surface area contributed by atoms with Crippen molar-refractivity contribution in [1.29, 1.82) is 0 Å². The predicted octanol–water partition coefficient (Wildman–Crippen LogP) is 3.55. The van der Waals surface area contributed by atoms with Gasteiger partial charge in [0.1, 0.15) is 11.6 Å². The molecule has 0 aliphatic rings. The molecule has 2 rings (SSSR count). The second kappa shape index (κ2) is 5.91. The smallest absolute Gasteiger partial charge is 0.249 e. The molecule has 0 spiro atoms. The second-order valence-electron chi connectivity index (χ2n) is 4.87. The standard InChI is InChI=1S/C16H16F2N2O/c1-9-12(16(19)21)4-3-5-15(9)20-10(2)13-7-6-11(17)8-14(13)18/h3-8,10,20H,1-2H3,(H2,19,21). The molecule has 0 aromatic heterocycles. The minimum atomic E-state index is -0.615. The molecular weight excluding hydrogens is 274 g/mol. The quantitative estimate of drug-likeness (QED) is 0.904. The number of halogens is 2. The Hall–Kier alpha value is -2.43. The van der Waals surface area contributed by atoms with Gasteiger partial charge in [0, 0.05) is 22.9 Å².